The van der Waals surface area contributed by atoms with Crippen LogP contribution in [0.2, 0.25) is 0 Å². The zero-order valence-electron chi connectivity index (χ0n) is 9.92. The predicted molar refractivity (Wildman–Crippen MR) is 72.7 cm³/mol. The summed E-state index contributed by atoms with van der Waals surface area (Å²) in [5, 5.41) is 10.8. The first-order valence-electron chi connectivity index (χ1n) is 5.69. The Hall–Kier alpha value is -2.89. The first-order chi connectivity index (χ1) is 9.25. The summed E-state index contributed by atoms with van der Waals surface area (Å²) >= 11 is 0. The molecule has 19 heavy (non-hydrogen) atoms. The van der Waals surface area contributed by atoms with Gasteiger partial charge in [-0.25, -0.2) is 0 Å². The van der Waals surface area contributed by atoms with Gasteiger partial charge >= 0.3 is 0 Å². The molecule has 0 fully saturated rings. The highest BCUT2D eigenvalue weighted by atomic mass is 16.2. The van der Waals surface area contributed by atoms with Gasteiger partial charge in [-0.3, -0.25) is 14.9 Å². The minimum Gasteiger partial charge on any atom is -0.394 e. The average Bonchev–Trinajstić information content (AvgIpc) is 2.83. The number of rotatable bonds is 2. The van der Waals surface area contributed by atoms with E-state index in [-0.39, 0.29) is 5.91 Å². The number of nitrogens with zero attached hydrogens (tertiary/aromatic N) is 2. The van der Waals surface area contributed by atoms with Crippen molar-refractivity contribution in [3.63, 3.8) is 0 Å². The van der Waals surface area contributed by atoms with Gasteiger partial charge < -0.3 is 11.1 Å². The lowest BCUT2D eigenvalue weighted by Crippen LogP contribution is -2.15. The van der Waals surface area contributed by atoms with Crippen LogP contribution >= 0.6 is 0 Å². The van der Waals surface area contributed by atoms with Crippen molar-refractivity contribution >= 4 is 28.2 Å². The highest BCUT2D eigenvalue weighted by Crippen LogP contribution is 2.19. The number of nitrogens with one attached hydrogen (secondary N) is 2. The summed E-state index contributed by atoms with van der Waals surface area (Å²) in [5.41, 5.74) is 6.39. The molecule has 6 nitrogen and oxygen atoms in total. The molecule has 1 aromatic carbocycles. The molecule has 94 valence electrons. The summed E-state index contributed by atoms with van der Waals surface area (Å²) in [6.45, 7) is 0. The van der Waals surface area contributed by atoms with E-state index in [0.29, 0.717) is 17.2 Å². The largest absolute Gasteiger partial charge is 0.394 e. The molecule has 0 saturated heterocycles. The molecule has 2 aromatic heterocycles. The number of hydrogen-bond acceptors (Lipinski definition) is 4. The second kappa shape index (κ2) is 4.41. The summed E-state index contributed by atoms with van der Waals surface area (Å²) in [6.07, 6.45) is 3.04. The molecule has 0 bridgehead atoms. The van der Waals surface area contributed by atoms with Crippen LogP contribution in [-0.4, -0.2) is 21.1 Å². The molecule has 3 rings (SSSR count). The Labute approximate surface area is 108 Å². The summed E-state index contributed by atoms with van der Waals surface area (Å²) in [6, 6.07) is 9.42. The van der Waals surface area contributed by atoms with Crippen molar-refractivity contribution in [1.82, 2.24) is 15.2 Å². The number of carbonyl (C=O) groups excluding carboxylic acids is 1. The Bertz CT molecular complexity index is 744. The van der Waals surface area contributed by atoms with Crippen LogP contribution < -0.4 is 11.1 Å². The second-order valence-electron chi connectivity index (χ2n) is 4.04. The van der Waals surface area contributed by atoms with Crippen LogP contribution in [-0.2, 0) is 0 Å². The van der Waals surface area contributed by atoms with Gasteiger partial charge in [-0.2, -0.15) is 5.10 Å². The van der Waals surface area contributed by atoms with Crippen LogP contribution in [0.25, 0.3) is 10.8 Å². The SMILES string of the molecule is Nc1cn[nH]c1NC(=O)c1nccc2ccccc12. The van der Waals surface area contributed by atoms with E-state index in [0.717, 1.165) is 10.8 Å². The van der Waals surface area contributed by atoms with Gasteiger partial charge in [-0.1, -0.05) is 24.3 Å². The monoisotopic (exact) mass is 253 g/mol. The molecule has 1 amide bonds. The van der Waals surface area contributed by atoms with Crippen molar-refractivity contribution in [1.29, 1.82) is 0 Å². The fraction of sp³-hybridized carbons (Fsp3) is 0. The summed E-state index contributed by atoms with van der Waals surface area (Å²) in [7, 11) is 0. The predicted octanol–water partition coefficient (Wildman–Crippen LogP) is 1.79. The average molecular weight is 253 g/mol. The molecule has 0 aliphatic rings. The molecule has 3 aromatic rings. The Morgan fingerprint density at radius 1 is 1.26 bits per heavy atom. The van der Waals surface area contributed by atoms with Crippen LogP contribution in [0.5, 0.6) is 0 Å². The lowest BCUT2D eigenvalue weighted by molar-refractivity contribution is 0.102. The third-order valence-electron chi connectivity index (χ3n) is 2.80. The topological polar surface area (TPSA) is 96.7 Å². The van der Waals surface area contributed by atoms with Crippen molar-refractivity contribution in [2.45, 2.75) is 0 Å². The van der Waals surface area contributed by atoms with Crippen LogP contribution in [0.4, 0.5) is 11.5 Å². The van der Waals surface area contributed by atoms with Gasteiger partial charge in [0.2, 0.25) is 0 Å². The van der Waals surface area contributed by atoms with Crippen LogP contribution in [0, 0.1) is 0 Å². The van der Waals surface area contributed by atoms with E-state index in [2.05, 4.69) is 20.5 Å². The summed E-state index contributed by atoms with van der Waals surface area (Å²) < 4.78 is 0. The number of aromatic nitrogens is 3. The fourth-order valence-corrected chi connectivity index (χ4v) is 1.87. The molecule has 6 heteroatoms. The van der Waals surface area contributed by atoms with Crippen LogP contribution in [0.1, 0.15) is 10.5 Å². The van der Waals surface area contributed by atoms with Crippen molar-refractivity contribution in [2.24, 2.45) is 0 Å². The van der Waals surface area contributed by atoms with Gasteiger partial charge in [-0.15, -0.1) is 0 Å². The number of benzene rings is 1. The normalized spacial score (nSPS) is 10.5. The molecular weight excluding hydrogens is 242 g/mol. The smallest absolute Gasteiger partial charge is 0.276 e. The maximum Gasteiger partial charge on any atom is 0.276 e. The van der Waals surface area contributed by atoms with Gasteiger partial charge in [0.1, 0.15) is 5.69 Å². The first-order valence-corrected chi connectivity index (χ1v) is 5.69. The molecule has 0 radical (unpaired) electrons. The molecule has 0 spiro atoms. The van der Waals surface area contributed by atoms with E-state index < -0.39 is 0 Å². The first kappa shape index (κ1) is 11.2. The third-order valence-corrected chi connectivity index (χ3v) is 2.80. The number of nitrogens with two attached hydrogens (primary N) is 1. The van der Waals surface area contributed by atoms with E-state index >= 15 is 0 Å². The van der Waals surface area contributed by atoms with Crippen molar-refractivity contribution in [2.75, 3.05) is 11.1 Å². The molecule has 0 aliphatic heterocycles. The molecule has 0 saturated carbocycles. The van der Waals surface area contributed by atoms with Gasteiger partial charge in [-0.05, 0) is 11.5 Å². The highest BCUT2D eigenvalue weighted by Gasteiger charge is 2.13. The maximum absolute atomic E-state index is 12.2. The van der Waals surface area contributed by atoms with Gasteiger partial charge in [0, 0.05) is 11.6 Å². The summed E-state index contributed by atoms with van der Waals surface area (Å²) in [4.78, 5) is 16.3. The van der Waals surface area contributed by atoms with Crippen molar-refractivity contribution in [3.05, 3.63) is 48.4 Å². The highest BCUT2D eigenvalue weighted by molar-refractivity contribution is 6.11. The molecule has 0 atom stereocenters. The van der Waals surface area contributed by atoms with E-state index in [1.165, 1.54) is 6.20 Å². The van der Waals surface area contributed by atoms with Gasteiger partial charge in [0.25, 0.3) is 5.91 Å². The Morgan fingerprint density at radius 3 is 2.89 bits per heavy atom. The van der Waals surface area contributed by atoms with E-state index in [1.54, 1.807) is 6.20 Å². The number of fused-ring (bicyclic) bond motifs is 1. The van der Waals surface area contributed by atoms with Crippen molar-refractivity contribution < 1.29 is 4.79 Å². The van der Waals surface area contributed by atoms with Crippen LogP contribution in [0.3, 0.4) is 0 Å². The zero-order chi connectivity index (χ0) is 13.2. The Balaban J connectivity index is 2.00. The quantitative estimate of drug-likeness (QED) is 0.648. The lowest BCUT2D eigenvalue weighted by atomic mass is 10.1. The number of hydrogen-bond donors (Lipinski definition) is 3. The second-order valence-corrected chi connectivity index (χ2v) is 4.04. The fourth-order valence-electron chi connectivity index (χ4n) is 1.87. The van der Waals surface area contributed by atoms with Crippen LogP contribution in [0.15, 0.2) is 42.7 Å². The summed E-state index contributed by atoms with van der Waals surface area (Å²) in [5.74, 6) is 0.0486. The number of aromatic amines is 1. The molecule has 4 N–H and O–H groups in total. The third kappa shape index (κ3) is 1.99. The number of pyridine rings is 1. The van der Waals surface area contributed by atoms with E-state index in [1.807, 2.05) is 30.3 Å². The van der Waals surface area contributed by atoms with Gasteiger partial charge in [0.15, 0.2) is 5.82 Å². The standard InChI is InChI=1S/C13H11N5O/c14-10-7-16-18-12(10)17-13(19)11-9-4-2-1-3-8(9)5-6-15-11/h1-7H,14H2,(H2,16,17,18,19). The molecular formula is C13H11N5O. The number of nitrogen functional groups attached to an aromatic ring is 1. The van der Waals surface area contributed by atoms with Crippen molar-refractivity contribution in [3.8, 4) is 0 Å². The van der Waals surface area contributed by atoms with Gasteiger partial charge in [0.05, 0.1) is 11.9 Å². The number of amides is 1. The molecule has 2 heterocycles. The lowest BCUT2D eigenvalue weighted by Gasteiger charge is -2.06. The molecule has 0 unspecified atom stereocenters. The number of anilines is 2. The Kier molecular flexibility index (Phi) is 2.60. The minimum atomic E-state index is -0.326. The van der Waals surface area contributed by atoms with E-state index in [4.69, 9.17) is 5.73 Å². The zero-order valence-corrected chi connectivity index (χ0v) is 9.92. The Morgan fingerprint density at radius 2 is 2.11 bits per heavy atom. The maximum atomic E-state index is 12.2. The number of carbonyl (C=O) groups is 1. The minimum absolute atomic E-state index is 0.326. The molecule has 0 aliphatic carbocycles. The van der Waals surface area contributed by atoms with E-state index in [9.17, 15) is 4.79 Å². The number of H-pyrrole nitrogens is 1.